The second-order valence-electron chi connectivity index (χ2n) is 5.19. The lowest BCUT2D eigenvalue weighted by Crippen LogP contribution is -2.24. The zero-order valence-electron chi connectivity index (χ0n) is 13.9. The molecule has 0 atom stereocenters. The number of hydrogen-bond acceptors (Lipinski definition) is 4. The van der Waals surface area contributed by atoms with Crippen LogP contribution in [0.1, 0.15) is 27.3 Å². The van der Waals surface area contributed by atoms with Crippen molar-refractivity contribution in [1.29, 1.82) is 0 Å². The van der Waals surface area contributed by atoms with Crippen LogP contribution >= 0.6 is 0 Å². The van der Waals surface area contributed by atoms with E-state index < -0.39 is 17.8 Å². The molecule has 0 spiro atoms. The van der Waals surface area contributed by atoms with Gasteiger partial charge in [-0.3, -0.25) is 4.79 Å². The highest BCUT2D eigenvalue weighted by Gasteiger charge is 2.33. The van der Waals surface area contributed by atoms with E-state index in [2.05, 4.69) is 10.3 Å². The third-order valence-electron chi connectivity index (χ3n) is 3.55. The fourth-order valence-electron chi connectivity index (χ4n) is 2.23. The lowest BCUT2D eigenvalue weighted by Gasteiger charge is -2.13. The summed E-state index contributed by atoms with van der Waals surface area (Å²) in [7, 11) is 3.01. The van der Waals surface area contributed by atoms with Gasteiger partial charge in [0.15, 0.2) is 0 Å². The van der Waals surface area contributed by atoms with E-state index in [9.17, 15) is 18.0 Å². The molecule has 134 valence electrons. The van der Waals surface area contributed by atoms with Gasteiger partial charge in [0.1, 0.15) is 17.2 Å². The number of methoxy groups -OCH3 is 2. The first-order chi connectivity index (χ1) is 11.8. The minimum atomic E-state index is -4.55. The van der Waals surface area contributed by atoms with Gasteiger partial charge in [-0.15, -0.1) is 0 Å². The Labute approximate surface area is 142 Å². The summed E-state index contributed by atoms with van der Waals surface area (Å²) in [6, 6.07) is 7.03. The number of nitrogens with zero attached hydrogens (tertiary/aromatic N) is 1. The molecule has 8 heteroatoms. The van der Waals surface area contributed by atoms with Crippen LogP contribution in [0.5, 0.6) is 11.5 Å². The lowest BCUT2D eigenvalue weighted by molar-refractivity contribution is -0.141. The molecule has 1 aromatic carbocycles. The zero-order valence-corrected chi connectivity index (χ0v) is 13.9. The molecule has 0 radical (unpaired) electrons. The van der Waals surface area contributed by atoms with Gasteiger partial charge in [-0.05, 0) is 31.2 Å². The molecule has 0 fully saturated rings. The van der Waals surface area contributed by atoms with E-state index in [1.807, 2.05) is 0 Å². The topological polar surface area (TPSA) is 60.5 Å². The van der Waals surface area contributed by atoms with Gasteiger partial charge in [-0.2, -0.15) is 13.2 Å². The van der Waals surface area contributed by atoms with E-state index in [1.54, 1.807) is 18.2 Å². The number of aromatic nitrogens is 1. The average Bonchev–Trinajstić information content (AvgIpc) is 2.58. The van der Waals surface area contributed by atoms with Gasteiger partial charge >= 0.3 is 6.18 Å². The quantitative estimate of drug-likeness (QED) is 0.895. The van der Waals surface area contributed by atoms with Gasteiger partial charge in [0.25, 0.3) is 5.91 Å². The molecule has 0 saturated heterocycles. The predicted molar refractivity (Wildman–Crippen MR) is 84.7 cm³/mol. The number of alkyl halides is 3. The van der Waals surface area contributed by atoms with Crippen LogP contribution in [-0.2, 0) is 12.7 Å². The van der Waals surface area contributed by atoms with Crippen molar-refractivity contribution < 1.29 is 27.4 Å². The van der Waals surface area contributed by atoms with E-state index in [1.165, 1.54) is 21.1 Å². The predicted octanol–water partition coefficient (Wildman–Crippen LogP) is 3.36. The third kappa shape index (κ3) is 4.40. The number of carbonyl (C=O) groups excluding carboxylic acids is 1. The maximum Gasteiger partial charge on any atom is 0.433 e. The summed E-state index contributed by atoms with van der Waals surface area (Å²) in [5.74, 6) is 0.619. The highest BCUT2D eigenvalue weighted by molar-refractivity contribution is 5.95. The molecule has 2 aromatic rings. The van der Waals surface area contributed by atoms with Crippen molar-refractivity contribution in [2.75, 3.05) is 14.2 Å². The number of ether oxygens (including phenoxy) is 2. The minimum Gasteiger partial charge on any atom is -0.497 e. The average molecular weight is 354 g/mol. The number of pyridine rings is 1. The van der Waals surface area contributed by atoms with Gasteiger partial charge in [-0.25, -0.2) is 4.98 Å². The number of hydrogen-bond donors (Lipinski definition) is 1. The summed E-state index contributed by atoms with van der Waals surface area (Å²) in [5.41, 5.74) is -0.234. The molecule has 1 N–H and O–H groups in total. The monoisotopic (exact) mass is 354 g/mol. The molecular formula is C17H17F3N2O3. The smallest absolute Gasteiger partial charge is 0.433 e. The molecule has 0 aliphatic carbocycles. The molecule has 5 nitrogen and oxygen atoms in total. The Morgan fingerprint density at radius 2 is 1.88 bits per heavy atom. The summed E-state index contributed by atoms with van der Waals surface area (Å²) >= 11 is 0. The SMILES string of the molecule is COc1ccc(CNC(=O)c2ccc(C(F)(F)F)nc2C)c(OC)c1. The second-order valence-corrected chi connectivity index (χ2v) is 5.19. The van der Waals surface area contributed by atoms with Gasteiger partial charge in [-0.1, -0.05) is 0 Å². The molecule has 0 aliphatic rings. The van der Waals surface area contributed by atoms with Crippen molar-refractivity contribution in [3.63, 3.8) is 0 Å². The minimum absolute atomic E-state index is 0.00835. The lowest BCUT2D eigenvalue weighted by atomic mass is 10.1. The van der Waals surface area contributed by atoms with E-state index >= 15 is 0 Å². The molecule has 0 saturated carbocycles. The van der Waals surface area contributed by atoms with Crippen LogP contribution in [0.15, 0.2) is 30.3 Å². The van der Waals surface area contributed by atoms with Crippen LogP contribution in [0, 0.1) is 6.92 Å². The molecule has 25 heavy (non-hydrogen) atoms. The van der Waals surface area contributed by atoms with Crippen molar-refractivity contribution in [2.45, 2.75) is 19.6 Å². The first-order valence-electron chi connectivity index (χ1n) is 7.30. The Bertz CT molecular complexity index is 776. The Hall–Kier alpha value is -2.77. The van der Waals surface area contributed by atoms with Crippen LogP contribution in [0.3, 0.4) is 0 Å². The number of aryl methyl sites for hydroxylation is 1. The number of carbonyl (C=O) groups is 1. The molecule has 0 aliphatic heterocycles. The third-order valence-corrected chi connectivity index (χ3v) is 3.55. The summed E-state index contributed by atoms with van der Waals surface area (Å²) < 4.78 is 48.2. The van der Waals surface area contributed by atoms with E-state index in [0.717, 1.165) is 12.1 Å². The van der Waals surface area contributed by atoms with Crippen LogP contribution in [-0.4, -0.2) is 25.1 Å². The van der Waals surface area contributed by atoms with Crippen molar-refractivity contribution in [1.82, 2.24) is 10.3 Å². The first-order valence-corrected chi connectivity index (χ1v) is 7.30. The summed E-state index contributed by atoms with van der Waals surface area (Å²) in [6.45, 7) is 1.50. The molecule has 2 rings (SSSR count). The molecule has 1 amide bonds. The number of nitrogens with one attached hydrogen (secondary N) is 1. The molecule has 0 bridgehead atoms. The number of amides is 1. The molecule has 1 heterocycles. The maximum absolute atomic E-state index is 12.6. The summed E-state index contributed by atoms with van der Waals surface area (Å²) in [5, 5.41) is 2.65. The van der Waals surface area contributed by atoms with Crippen molar-refractivity contribution >= 4 is 5.91 Å². The van der Waals surface area contributed by atoms with Gasteiger partial charge < -0.3 is 14.8 Å². The first kappa shape index (κ1) is 18.6. The molecule has 1 aromatic heterocycles. The van der Waals surface area contributed by atoms with Crippen molar-refractivity contribution in [2.24, 2.45) is 0 Å². The Morgan fingerprint density at radius 3 is 2.44 bits per heavy atom. The van der Waals surface area contributed by atoms with Gasteiger partial charge in [0.2, 0.25) is 0 Å². The fourth-order valence-corrected chi connectivity index (χ4v) is 2.23. The molecule has 0 unspecified atom stereocenters. The van der Waals surface area contributed by atoms with Crippen LogP contribution in [0.2, 0.25) is 0 Å². The molecular weight excluding hydrogens is 337 g/mol. The van der Waals surface area contributed by atoms with E-state index in [0.29, 0.717) is 17.1 Å². The van der Waals surface area contributed by atoms with Crippen molar-refractivity contribution in [3.05, 3.63) is 52.8 Å². The fraction of sp³-hybridized carbons (Fsp3) is 0.294. The largest absolute Gasteiger partial charge is 0.497 e. The standard InChI is InChI=1S/C17H17F3N2O3/c1-10-13(6-7-15(22-10)17(18,19)20)16(23)21-9-11-4-5-12(24-2)8-14(11)25-3/h4-8H,9H2,1-3H3,(H,21,23). The Balaban J connectivity index is 2.13. The van der Waals surface area contributed by atoms with Crippen LogP contribution < -0.4 is 14.8 Å². The second kappa shape index (κ2) is 7.42. The normalized spacial score (nSPS) is 11.1. The van der Waals surface area contributed by atoms with Crippen molar-refractivity contribution in [3.8, 4) is 11.5 Å². The zero-order chi connectivity index (χ0) is 18.6. The number of benzene rings is 1. The van der Waals surface area contributed by atoms with Gasteiger partial charge in [0, 0.05) is 18.2 Å². The highest BCUT2D eigenvalue weighted by atomic mass is 19.4. The maximum atomic E-state index is 12.6. The van der Waals surface area contributed by atoms with Crippen LogP contribution in [0.4, 0.5) is 13.2 Å². The van der Waals surface area contributed by atoms with Gasteiger partial charge in [0.05, 0.1) is 25.5 Å². The number of halogens is 3. The highest BCUT2D eigenvalue weighted by Crippen LogP contribution is 2.28. The Kier molecular flexibility index (Phi) is 5.51. The van der Waals surface area contributed by atoms with E-state index in [4.69, 9.17) is 9.47 Å². The summed E-state index contributed by atoms with van der Waals surface area (Å²) in [6.07, 6.45) is -4.55. The van der Waals surface area contributed by atoms with Crippen LogP contribution in [0.25, 0.3) is 0 Å². The number of rotatable bonds is 5. The van der Waals surface area contributed by atoms with E-state index in [-0.39, 0.29) is 17.8 Å². The Morgan fingerprint density at radius 1 is 1.16 bits per heavy atom. The summed E-state index contributed by atoms with van der Waals surface area (Å²) in [4.78, 5) is 15.7.